The molecule has 1 fully saturated rings. The lowest BCUT2D eigenvalue weighted by atomic mass is 10.1. The third-order valence-electron chi connectivity index (χ3n) is 4.63. The molecule has 1 heterocycles. The molecule has 2 amide bonds. The van der Waals surface area contributed by atoms with E-state index in [0.717, 1.165) is 28.8 Å². The fraction of sp³-hybridized carbons (Fsp3) is 0.333. The Morgan fingerprint density at radius 2 is 1.92 bits per heavy atom. The molecule has 1 saturated heterocycles. The van der Waals surface area contributed by atoms with Crippen molar-refractivity contribution in [2.24, 2.45) is 5.92 Å². The van der Waals surface area contributed by atoms with E-state index in [4.69, 9.17) is 11.6 Å². The van der Waals surface area contributed by atoms with Gasteiger partial charge in [-0.1, -0.05) is 29.8 Å². The lowest BCUT2D eigenvalue weighted by Gasteiger charge is -2.17. The van der Waals surface area contributed by atoms with Crippen molar-refractivity contribution in [3.8, 4) is 0 Å². The normalized spacial score (nSPS) is 16.8. The van der Waals surface area contributed by atoms with Crippen LogP contribution in [0.1, 0.15) is 23.1 Å². The highest BCUT2D eigenvalue weighted by Gasteiger charge is 2.34. The zero-order valence-corrected chi connectivity index (χ0v) is 15.8. The van der Waals surface area contributed by atoms with Gasteiger partial charge in [0.15, 0.2) is 0 Å². The summed E-state index contributed by atoms with van der Waals surface area (Å²) in [7, 11) is 0. The lowest BCUT2D eigenvalue weighted by molar-refractivity contribution is -0.128. The molecule has 0 saturated carbocycles. The van der Waals surface area contributed by atoms with Crippen LogP contribution in [-0.4, -0.2) is 29.8 Å². The number of nitrogens with one attached hydrogen (secondary N) is 1. The number of hydrogen-bond donors (Lipinski definition) is 1. The minimum Gasteiger partial charge on any atom is -0.342 e. The largest absolute Gasteiger partial charge is 0.342 e. The first-order valence-electron chi connectivity index (χ1n) is 8.82. The van der Waals surface area contributed by atoms with E-state index in [-0.39, 0.29) is 24.2 Å². The average Bonchev–Trinajstić information content (AvgIpc) is 2.93. The summed E-state index contributed by atoms with van der Waals surface area (Å²) in [5.41, 5.74) is 4.09. The van der Waals surface area contributed by atoms with Crippen molar-refractivity contribution in [3.63, 3.8) is 0 Å². The highest BCUT2D eigenvalue weighted by atomic mass is 35.5. The fourth-order valence-electron chi connectivity index (χ4n) is 3.41. The number of amides is 2. The molecule has 3 rings (SSSR count). The van der Waals surface area contributed by atoms with E-state index >= 15 is 0 Å². The van der Waals surface area contributed by atoms with Gasteiger partial charge in [0.05, 0.1) is 5.92 Å². The molecule has 1 unspecified atom stereocenters. The molecule has 1 atom stereocenters. The Morgan fingerprint density at radius 3 is 2.62 bits per heavy atom. The first-order chi connectivity index (χ1) is 12.4. The van der Waals surface area contributed by atoms with Crippen molar-refractivity contribution in [2.75, 3.05) is 18.4 Å². The van der Waals surface area contributed by atoms with Gasteiger partial charge in [-0.25, -0.2) is 0 Å². The maximum absolute atomic E-state index is 12.5. The smallest absolute Gasteiger partial charge is 0.229 e. The fourth-order valence-corrected chi connectivity index (χ4v) is 3.62. The summed E-state index contributed by atoms with van der Waals surface area (Å²) in [5.74, 6) is -0.358. The van der Waals surface area contributed by atoms with E-state index in [0.29, 0.717) is 18.1 Å². The molecule has 1 aliphatic heterocycles. The lowest BCUT2D eigenvalue weighted by Crippen LogP contribution is -2.30. The number of hydrogen-bond acceptors (Lipinski definition) is 2. The zero-order valence-electron chi connectivity index (χ0n) is 15.1. The Bertz CT molecular complexity index is 814. The monoisotopic (exact) mass is 370 g/mol. The molecule has 5 heteroatoms. The van der Waals surface area contributed by atoms with Crippen LogP contribution in [0.25, 0.3) is 0 Å². The Morgan fingerprint density at radius 1 is 1.19 bits per heavy atom. The van der Waals surface area contributed by atoms with E-state index in [1.807, 2.05) is 50.2 Å². The van der Waals surface area contributed by atoms with E-state index in [1.165, 1.54) is 0 Å². The summed E-state index contributed by atoms with van der Waals surface area (Å²) < 4.78 is 0. The predicted molar refractivity (Wildman–Crippen MR) is 104 cm³/mol. The van der Waals surface area contributed by atoms with Gasteiger partial charge < -0.3 is 10.2 Å². The predicted octanol–water partition coefficient (Wildman–Crippen LogP) is 3.99. The van der Waals surface area contributed by atoms with Crippen LogP contribution < -0.4 is 5.32 Å². The van der Waals surface area contributed by atoms with Gasteiger partial charge in [-0.3, -0.25) is 9.59 Å². The van der Waals surface area contributed by atoms with Crippen molar-refractivity contribution in [1.29, 1.82) is 0 Å². The maximum atomic E-state index is 12.5. The van der Waals surface area contributed by atoms with Gasteiger partial charge in [0.25, 0.3) is 0 Å². The number of carbonyl (C=O) groups is 2. The van der Waals surface area contributed by atoms with E-state index in [2.05, 4.69) is 11.4 Å². The second-order valence-corrected chi connectivity index (χ2v) is 7.42. The van der Waals surface area contributed by atoms with Crippen LogP contribution in [-0.2, 0) is 16.0 Å². The summed E-state index contributed by atoms with van der Waals surface area (Å²) in [6.45, 7) is 5.07. The van der Waals surface area contributed by atoms with Crippen molar-refractivity contribution >= 4 is 29.1 Å². The molecule has 2 aromatic carbocycles. The molecule has 1 aliphatic rings. The van der Waals surface area contributed by atoms with E-state index < -0.39 is 0 Å². The maximum Gasteiger partial charge on any atom is 0.229 e. The van der Waals surface area contributed by atoms with Crippen LogP contribution in [0, 0.1) is 19.8 Å². The van der Waals surface area contributed by atoms with Crippen LogP contribution in [0.2, 0.25) is 5.02 Å². The van der Waals surface area contributed by atoms with Crippen molar-refractivity contribution in [3.05, 3.63) is 64.2 Å². The molecule has 0 aliphatic carbocycles. The van der Waals surface area contributed by atoms with Gasteiger partial charge in [0.2, 0.25) is 11.8 Å². The first-order valence-corrected chi connectivity index (χ1v) is 9.20. The van der Waals surface area contributed by atoms with Gasteiger partial charge >= 0.3 is 0 Å². The second kappa shape index (κ2) is 7.92. The average molecular weight is 371 g/mol. The molecule has 4 nitrogen and oxygen atoms in total. The van der Waals surface area contributed by atoms with Crippen LogP contribution in [0.4, 0.5) is 5.69 Å². The Kier molecular flexibility index (Phi) is 5.62. The van der Waals surface area contributed by atoms with Crippen LogP contribution in [0.5, 0.6) is 0 Å². The third-order valence-corrected chi connectivity index (χ3v) is 4.87. The van der Waals surface area contributed by atoms with Gasteiger partial charge in [-0.05, 0) is 61.2 Å². The summed E-state index contributed by atoms with van der Waals surface area (Å²) in [4.78, 5) is 26.6. The Labute approximate surface area is 159 Å². The number of halogens is 1. The number of anilines is 1. The molecule has 26 heavy (non-hydrogen) atoms. The minimum absolute atomic E-state index is 0.0348. The van der Waals surface area contributed by atoms with E-state index in [9.17, 15) is 9.59 Å². The Balaban J connectivity index is 1.57. The van der Waals surface area contributed by atoms with Crippen molar-refractivity contribution in [1.82, 2.24) is 4.90 Å². The molecule has 1 N–H and O–H groups in total. The highest BCUT2D eigenvalue weighted by Crippen LogP contribution is 2.22. The molecule has 0 aromatic heterocycles. The van der Waals surface area contributed by atoms with Gasteiger partial charge in [-0.2, -0.15) is 0 Å². The Hall–Kier alpha value is -2.33. The molecule has 0 bridgehead atoms. The van der Waals surface area contributed by atoms with Crippen LogP contribution in [0.15, 0.2) is 42.5 Å². The summed E-state index contributed by atoms with van der Waals surface area (Å²) in [6, 6.07) is 13.6. The van der Waals surface area contributed by atoms with Gasteiger partial charge in [-0.15, -0.1) is 0 Å². The second-order valence-electron chi connectivity index (χ2n) is 6.99. The molecular weight excluding hydrogens is 348 g/mol. The molecule has 0 radical (unpaired) electrons. The number of carbonyl (C=O) groups excluding carboxylic acids is 2. The quantitative estimate of drug-likeness (QED) is 0.865. The topological polar surface area (TPSA) is 49.4 Å². The first kappa shape index (κ1) is 18.5. The number of aryl methyl sites for hydroxylation is 2. The SMILES string of the molecule is Cc1cc(C)cc(NC(=O)C2CC(=O)N(CCc3cccc(Cl)c3)C2)c1. The minimum atomic E-state index is -0.303. The van der Waals surface area contributed by atoms with Crippen LogP contribution in [0.3, 0.4) is 0 Å². The van der Waals surface area contributed by atoms with Gasteiger partial charge in [0, 0.05) is 30.2 Å². The summed E-state index contributed by atoms with van der Waals surface area (Å²) in [5, 5.41) is 3.65. The molecule has 2 aromatic rings. The standard InChI is InChI=1S/C21H23ClN2O2/c1-14-8-15(2)10-19(9-14)23-21(26)17-12-20(25)24(13-17)7-6-16-4-3-5-18(22)11-16/h3-5,8-11,17H,6-7,12-13H2,1-2H3,(H,23,26). The number of nitrogens with zero attached hydrogens (tertiary/aromatic N) is 1. The van der Waals surface area contributed by atoms with Crippen LogP contribution >= 0.6 is 11.6 Å². The highest BCUT2D eigenvalue weighted by molar-refractivity contribution is 6.30. The van der Waals surface area contributed by atoms with E-state index in [1.54, 1.807) is 4.90 Å². The number of benzene rings is 2. The zero-order chi connectivity index (χ0) is 18.7. The number of likely N-dealkylation sites (tertiary alicyclic amines) is 1. The van der Waals surface area contributed by atoms with Gasteiger partial charge in [0.1, 0.15) is 0 Å². The molecular formula is C21H23ClN2O2. The number of rotatable bonds is 5. The third kappa shape index (κ3) is 4.64. The van der Waals surface area contributed by atoms with Crippen molar-refractivity contribution in [2.45, 2.75) is 26.7 Å². The molecule has 136 valence electrons. The summed E-state index contributed by atoms with van der Waals surface area (Å²) in [6.07, 6.45) is 1.00. The molecule has 0 spiro atoms. The van der Waals surface area contributed by atoms with Crippen molar-refractivity contribution < 1.29 is 9.59 Å². The summed E-state index contributed by atoms with van der Waals surface area (Å²) >= 11 is 6.00.